The molecule has 2 aromatic rings. The normalized spacial score (nSPS) is 10.4. The predicted molar refractivity (Wildman–Crippen MR) is 82.8 cm³/mol. The van der Waals surface area contributed by atoms with Crippen molar-refractivity contribution >= 4 is 29.0 Å². The number of hydrogen-bond acceptors (Lipinski definition) is 4. The lowest BCUT2D eigenvalue weighted by Crippen LogP contribution is -2.11. The van der Waals surface area contributed by atoms with Gasteiger partial charge in [-0.25, -0.2) is 4.98 Å². The second kappa shape index (κ2) is 7.06. The number of nitrogens with one attached hydrogen (secondary N) is 1. The van der Waals surface area contributed by atoms with Gasteiger partial charge in [-0.3, -0.25) is 4.79 Å². The Morgan fingerprint density at radius 1 is 1.43 bits per heavy atom. The second-order valence-corrected chi connectivity index (χ2v) is 4.79. The van der Waals surface area contributed by atoms with Gasteiger partial charge in [0, 0.05) is 18.5 Å². The number of nitrogens with two attached hydrogens (primary N) is 1. The Kier molecular flexibility index (Phi) is 5.14. The molecule has 0 radical (unpaired) electrons. The Hall–Kier alpha value is -2.11. The number of nitrogens with zero attached hydrogens (tertiary/aromatic N) is 1. The number of anilines is 2. The summed E-state index contributed by atoms with van der Waals surface area (Å²) in [7, 11) is 0. The van der Waals surface area contributed by atoms with Crippen LogP contribution < -0.4 is 11.1 Å². The van der Waals surface area contributed by atoms with Crippen LogP contribution in [0.15, 0.2) is 36.5 Å². The van der Waals surface area contributed by atoms with E-state index in [-0.39, 0.29) is 5.56 Å². The highest BCUT2D eigenvalue weighted by Crippen LogP contribution is 2.24. The highest BCUT2D eigenvalue weighted by atomic mass is 35.5. The van der Waals surface area contributed by atoms with E-state index in [4.69, 9.17) is 22.1 Å². The molecule has 0 fully saturated rings. The lowest BCUT2D eigenvalue weighted by atomic mass is 10.2. The average Bonchev–Trinajstić information content (AvgIpc) is 2.47. The number of halogens is 1. The van der Waals surface area contributed by atoms with Crippen LogP contribution >= 0.6 is 11.6 Å². The molecule has 1 aromatic heterocycles. The van der Waals surface area contributed by atoms with E-state index in [2.05, 4.69) is 10.3 Å². The molecule has 0 aliphatic heterocycles. The molecule has 0 spiro atoms. The number of benzene rings is 1. The maximum atomic E-state index is 11.1. The zero-order valence-corrected chi connectivity index (χ0v) is 12.4. The second-order valence-electron chi connectivity index (χ2n) is 4.38. The van der Waals surface area contributed by atoms with E-state index in [9.17, 15) is 4.79 Å². The predicted octanol–water partition coefficient (Wildman–Crippen LogP) is 3.11. The van der Waals surface area contributed by atoms with Crippen molar-refractivity contribution in [3.63, 3.8) is 0 Å². The summed E-state index contributed by atoms with van der Waals surface area (Å²) in [5, 5.41) is 3.44. The van der Waals surface area contributed by atoms with Gasteiger partial charge in [0.05, 0.1) is 17.2 Å². The lowest BCUT2D eigenvalue weighted by Gasteiger charge is -2.10. The first kappa shape index (κ1) is 15.3. The fraction of sp³-hybridized carbons (Fsp3) is 0.200. The monoisotopic (exact) mass is 305 g/mol. The van der Waals surface area contributed by atoms with Gasteiger partial charge in [0.15, 0.2) is 0 Å². The van der Waals surface area contributed by atoms with E-state index in [1.807, 2.05) is 31.2 Å². The van der Waals surface area contributed by atoms with E-state index < -0.39 is 5.91 Å². The van der Waals surface area contributed by atoms with Crippen molar-refractivity contribution in [3.8, 4) is 0 Å². The first-order chi connectivity index (χ1) is 10.1. The summed E-state index contributed by atoms with van der Waals surface area (Å²) in [5.74, 6) is -0.0927. The summed E-state index contributed by atoms with van der Waals surface area (Å²) in [4.78, 5) is 15.2. The summed E-state index contributed by atoms with van der Waals surface area (Å²) >= 11 is 6.09. The number of carbonyl (C=O) groups is 1. The van der Waals surface area contributed by atoms with E-state index >= 15 is 0 Å². The van der Waals surface area contributed by atoms with Crippen molar-refractivity contribution in [2.24, 2.45) is 5.73 Å². The first-order valence-corrected chi connectivity index (χ1v) is 6.87. The van der Waals surface area contributed by atoms with Crippen molar-refractivity contribution in [1.82, 2.24) is 4.98 Å². The van der Waals surface area contributed by atoms with Gasteiger partial charge in [-0.05, 0) is 30.7 Å². The molecule has 1 amide bonds. The minimum absolute atomic E-state index is 0.274. The van der Waals surface area contributed by atoms with Crippen LogP contribution in [0, 0.1) is 0 Å². The van der Waals surface area contributed by atoms with Crippen molar-refractivity contribution in [1.29, 1.82) is 0 Å². The van der Waals surface area contributed by atoms with Gasteiger partial charge in [-0.2, -0.15) is 0 Å². The first-order valence-electron chi connectivity index (χ1n) is 6.49. The number of aromatic nitrogens is 1. The van der Waals surface area contributed by atoms with Crippen molar-refractivity contribution in [2.45, 2.75) is 13.5 Å². The zero-order chi connectivity index (χ0) is 15.2. The Morgan fingerprint density at radius 3 is 2.90 bits per heavy atom. The molecule has 0 saturated heterocycles. The maximum absolute atomic E-state index is 11.1. The number of amides is 1. The Balaban J connectivity index is 2.16. The third kappa shape index (κ3) is 4.18. The fourth-order valence-corrected chi connectivity index (χ4v) is 1.97. The smallest absolute Gasteiger partial charge is 0.250 e. The molecule has 2 rings (SSSR count). The van der Waals surface area contributed by atoms with Crippen LogP contribution in [0.5, 0.6) is 0 Å². The molecule has 0 bridgehead atoms. The highest BCUT2D eigenvalue weighted by molar-refractivity contribution is 6.33. The van der Waals surface area contributed by atoms with Crippen LogP contribution in [0.1, 0.15) is 22.8 Å². The standard InChI is InChI=1S/C15H16ClN3O2/c1-2-21-9-10-4-3-5-12(6-10)19-15-13(16)7-11(8-18-15)14(17)20/h3-8H,2,9H2,1H3,(H2,17,20)(H,18,19). The summed E-state index contributed by atoms with van der Waals surface area (Å²) in [6.45, 7) is 3.17. The molecule has 3 N–H and O–H groups in total. The molecule has 5 nitrogen and oxygen atoms in total. The number of hydrogen-bond donors (Lipinski definition) is 2. The van der Waals surface area contributed by atoms with Crippen molar-refractivity contribution < 1.29 is 9.53 Å². The molecular weight excluding hydrogens is 290 g/mol. The van der Waals surface area contributed by atoms with E-state index in [1.165, 1.54) is 12.3 Å². The van der Waals surface area contributed by atoms with Crippen LogP contribution in [-0.4, -0.2) is 17.5 Å². The van der Waals surface area contributed by atoms with Gasteiger partial charge in [-0.15, -0.1) is 0 Å². The summed E-state index contributed by atoms with van der Waals surface area (Å²) in [5.41, 5.74) is 7.34. The van der Waals surface area contributed by atoms with Crippen LogP contribution in [0.3, 0.4) is 0 Å². The SMILES string of the molecule is CCOCc1cccc(Nc2ncc(C(N)=O)cc2Cl)c1. The zero-order valence-electron chi connectivity index (χ0n) is 11.6. The molecule has 0 aliphatic carbocycles. The molecule has 1 heterocycles. The maximum Gasteiger partial charge on any atom is 0.250 e. The Labute approximate surface area is 128 Å². The third-order valence-electron chi connectivity index (χ3n) is 2.79. The molecule has 0 unspecified atom stereocenters. The van der Waals surface area contributed by atoms with Gasteiger partial charge in [0.2, 0.25) is 5.91 Å². The summed E-state index contributed by atoms with van der Waals surface area (Å²) in [6, 6.07) is 9.24. The third-order valence-corrected chi connectivity index (χ3v) is 3.08. The highest BCUT2D eigenvalue weighted by Gasteiger charge is 2.07. The van der Waals surface area contributed by atoms with Gasteiger partial charge in [-0.1, -0.05) is 23.7 Å². The number of rotatable bonds is 6. The number of primary amides is 1. The number of pyridine rings is 1. The van der Waals surface area contributed by atoms with Gasteiger partial charge in [0.25, 0.3) is 0 Å². The summed E-state index contributed by atoms with van der Waals surface area (Å²) < 4.78 is 5.37. The molecular formula is C15H16ClN3O2. The van der Waals surface area contributed by atoms with Crippen molar-refractivity contribution in [3.05, 3.63) is 52.7 Å². The number of carbonyl (C=O) groups excluding carboxylic acids is 1. The lowest BCUT2D eigenvalue weighted by molar-refractivity contribution is 0.1000. The molecule has 110 valence electrons. The minimum Gasteiger partial charge on any atom is -0.377 e. The van der Waals surface area contributed by atoms with Crippen LogP contribution in [0.2, 0.25) is 5.02 Å². The molecule has 0 saturated carbocycles. The van der Waals surface area contributed by atoms with E-state index in [1.54, 1.807) is 0 Å². The van der Waals surface area contributed by atoms with E-state index in [0.717, 1.165) is 11.3 Å². The molecule has 0 aliphatic rings. The van der Waals surface area contributed by atoms with Crippen LogP contribution in [-0.2, 0) is 11.3 Å². The molecule has 0 atom stereocenters. The van der Waals surface area contributed by atoms with Gasteiger partial charge in [0.1, 0.15) is 5.82 Å². The van der Waals surface area contributed by atoms with Gasteiger partial charge >= 0.3 is 0 Å². The fourth-order valence-electron chi connectivity index (χ4n) is 1.76. The largest absolute Gasteiger partial charge is 0.377 e. The van der Waals surface area contributed by atoms with Gasteiger partial charge < -0.3 is 15.8 Å². The Morgan fingerprint density at radius 2 is 2.24 bits per heavy atom. The molecule has 1 aromatic carbocycles. The topological polar surface area (TPSA) is 77.2 Å². The quantitative estimate of drug-likeness (QED) is 0.859. The number of ether oxygens (including phenoxy) is 1. The average molecular weight is 306 g/mol. The minimum atomic E-state index is -0.560. The van der Waals surface area contributed by atoms with Crippen molar-refractivity contribution in [2.75, 3.05) is 11.9 Å². The summed E-state index contributed by atoms with van der Waals surface area (Å²) in [6.07, 6.45) is 1.39. The molecule has 6 heteroatoms. The van der Waals surface area contributed by atoms with Crippen LogP contribution in [0.4, 0.5) is 11.5 Å². The van der Waals surface area contributed by atoms with E-state index in [0.29, 0.717) is 24.1 Å². The van der Waals surface area contributed by atoms with Crippen LogP contribution in [0.25, 0.3) is 0 Å². The Bertz CT molecular complexity index is 647. The molecule has 21 heavy (non-hydrogen) atoms.